The smallest absolute Gasteiger partial charge is 0.191 e. The van der Waals surface area contributed by atoms with Crippen LogP contribution in [0.15, 0.2) is 29.3 Å². The maximum Gasteiger partial charge on any atom is 0.191 e. The van der Waals surface area contributed by atoms with Crippen LogP contribution in [0, 0.1) is 6.92 Å². The van der Waals surface area contributed by atoms with Crippen LogP contribution in [0.4, 0.5) is 0 Å². The van der Waals surface area contributed by atoms with Gasteiger partial charge in [0.05, 0.1) is 0 Å². The molecule has 1 aromatic rings. The molecule has 162 valence electrons. The normalized spacial score (nSPS) is 21.3. The number of hydrogen-bond acceptors (Lipinski definition) is 4. The number of aliphatic imine (C=N–C) groups is 1. The maximum atomic E-state index is 5.58. The first-order chi connectivity index (χ1) is 14.0. The Bertz CT molecular complexity index is 661. The van der Waals surface area contributed by atoms with E-state index in [0.29, 0.717) is 6.04 Å². The molecule has 0 amide bonds. The lowest BCUT2D eigenvalue weighted by Gasteiger charge is -2.43. The van der Waals surface area contributed by atoms with Crippen LogP contribution in [0.2, 0.25) is 0 Å². The van der Waals surface area contributed by atoms with Crippen molar-refractivity contribution >= 4 is 5.96 Å². The first-order valence-corrected chi connectivity index (χ1v) is 11.0. The summed E-state index contributed by atoms with van der Waals surface area (Å²) in [6.45, 7) is 8.04. The molecule has 6 heteroatoms. The Hall–Kier alpha value is -1.63. The fourth-order valence-corrected chi connectivity index (χ4v) is 4.47. The lowest BCUT2D eigenvalue weighted by Crippen LogP contribution is -2.58. The molecule has 2 aliphatic rings. The van der Waals surface area contributed by atoms with Gasteiger partial charge in [0.25, 0.3) is 0 Å². The Morgan fingerprint density at radius 1 is 1.24 bits per heavy atom. The molecule has 3 rings (SSSR count). The van der Waals surface area contributed by atoms with Crippen LogP contribution in [0.25, 0.3) is 0 Å². The van der Waals surface area contributed by atoms with E-state index in [1.54, 1.807) is 0 Å². The third kappa shape index (κ3) is 6.17. The van der Waals surface area contributed by atoms with Gasteiger partial charge in [-0.2, -0.15) is 0 Å². The molecule has 2 N–H and O–H groups in total. The van der Waals surface area contributed by atoms with Gasteiger partial charge in [-0.25, -0.2) is 0 Å². The van der Waals surface area contributed by atoms with Crippen molar-refractivity contribution in [3.8, 4) is 0 Å². The Balaban J connectivity index is 1.44. The second-order valence-electron chi connectivity index (χ2n) is 8.84. The van der Waals surface area contributed by atoms with Crippen molar-refractivity contribution in [3.63, 3.8) is 0 Å². The molecule has 1 aromatic carbocycles. The van der Waals surface area contributed by atoms with Crippen LogP contribution in [-0.4, -0.2) is 81.3 Å². The van der Waals surface area contributed by atoms with E-state index in [1.165, 1.54) is 11.1 Å². The lowest BCUT2D eigenvalue weighted by atomic mass is 9.88. The maximum absolute atomic E-state index is 5.58. The highest BCUT2D eigenvalue weighted by Gasteiger charge is 2.35. The largest absolute Gasteiger partial charge is 0.381 e. The zero-order valence-electron chi connectivity index (χ0n) is 18.7. The Labute approximate surface area is 176 Å². The van der Waals surface area contributed by atoms with Crippen LogP contribution >= 0.6 is 0 Å². The lowest BCUT2D eigenvalue weighted by molar-refractivity contribution is -0.00504. The fourth-order valence-electron chi connectivity index (χ4n) is 4.47. The average molecular weight is 402 g/mol. The van der Waals surface area contributed by atoms with Crippen molar-refractivity contribution in [2.75, 3.05) is 54.0 Å². The summed E-state index contributed by atoms with van der Waals surface area (Å²) in [7, 11) is 6.22. The summed E-state index contributed by atoms with van der Waals surface area (Å²) < 4.78 is 5.58. The predicted molar refractivity (Wildman–Crippen MR) is 120 cm³/mol. The monoisotopic (exact) mass is 401 g/mol. The highest BCUT2D eigenvalue weighted by Crippen LogP contribution is 2.25. The fraction of sp³-hybridized carbons (Fsp3) is 0.696. The van der Waals surface area contributed by atoms with Gasteiger partial charge >= 0.3 is 0 Å². The Morgan fingerprint density at radius 3 is 2.59 bits per heavy atom. The van der Waals surface area contributed by atoms with Crippen LogP contribution in [-0.2, 0) is 11.3 Å². The van der Waals surface area contributed by atoms with Gasteiger partial charge in [-0.05, 0) is 52.3 Å². The number of hydrogen-bond donors (Lipinski definition) is 2. The topological polar surface area (TPSA) is 52.1 Å². The van der Waals surface area contributed by atoms with Gasteiger partial charge in [-0.3, -0.25) is 9.89 Å². The molecule has 2 heterocycles. The number of benzene rings is 1. The number of aryl methyl sites for hydroxylation is 1. The molecule has 0 unspecified atom stereocenters. The predicted octanol–water partition coefficient (Wildman–Crippen LogP) is 2.24. The molecule has 0 aromatic heterocycles. The number of nitrogens with zero attached hydrogens (tertiary/aromatic N) is 3. The molecular formula is C23H39N5O. The Morgan fingerprint density at radius 2 is 1.97 bits per heavy atom. The minimum absolute atomic E-state index is 0.146. The van der Waals surface area contributed by atoms with E-state index in [1.807, 2.05) is 7.05 Å². The van der Waals surface area contributed by atoms with Crippen molar-refractivity contribution in [3.05, 3.63) is 35.4 Å². The second-order valence-corrected chi connectivity index (χ2v) is 8.84. The van der Waals surface area contributed by atoms with Crippen LogP contribution in [0.1, 0.15) is 36.8 Å². The van der Waals surface area contributed by atoms with Crippen molar-refractivity contribution in [2.24, 2.45) is 4.99 Å². The number of likely N-dealkylation sites (N-methyl/N-ethyl adjacent to an activating group) is 1. The van der Waals surface area contributed by atoms with E-state index in [0.717, 1.165) is 71.0 Å². The molecule has 0 atom stereocenters. The third-order valence-corrected chi connectivity index (χ3v) is 6.60. The van der Waals surface area contributed by atoms with E-state index in [4.69, 9.17) is 4.74 Å². The summed E-state index contributed by atoms with van der Waals surface area (Å²) in [5.41, 5.74) is 2.90. The first kappa shape index (κ1) is 22.1. The number of piperidine rings is 1. The van der Waals surface area contributed by atoms with Gasteiger partial charge in [0.2, 0.25) is 0 Å². The van der Waals surface area contributed by atoms with Gasteiger partial charge in [0.15, 0.2) is 5.96 Å². The summed E-state index contributed by atoms with van der Waals surface area (Å²) in [5.74, 6) is 0.926. The van der Waals surface area contributed by atoms with Crippen molar-refractivity contribution in [2.45, 2.75) is 50.7 Å². The van der Waals surface area contributed by atoms with Gasteiger partial charge in [0, 0.05) is 58.0 Å². The number of guanidine groups is 1. The van der Waals surface area contributed by atoms with Crippen molar-refractivity contribution in [1.29, 1.82) is 0 Å². The minimum atomic E-state index is 0.146. The van der Waals surface area contributed by atoms with Gasteiger partial charge in [-0.1, -0.05) is 29.8 Å². The van der Waals surface area contributed by atoms with Crippen molar-refractivity contribution < 1.29 is 4.74 Å². The zero-order chi connectivity index (χ0) is 20.7. The first-order valence-electron chi connectivity index (χ1n) is 11.0. The number of rotatable bonds is 6. The van der Waals surface area contributed by atoms with E-state index in [2.05, 4.69) is 70.7 Å². The third-order valence-electron chi connectivity index (χ3n) is 6.60. The molecular weight excluding hydrogens is 362 g/mol. The standard InChI is InChI=1S/C23H39N5O/c1-19-6-5-7-20(16-19)17-28-12-8-21(9-13-28)26-22(24-2)25-18-23(27(3)4)10-14-29-15-11-23/h5-7,16,21H,8-15,17-18H2,1-4H3,(H2,24,25,26). The van der Waals surface area contributed by atoms with E-state index >= 15 is 0 Å². The van der Waals surface area contributed by atoms with Crippen molar-refractivity contribution in [1.82, 2.24) is 20.4 Å². The summed E-state index contributed by atoms with van der Waals surface area (Å²) >= 11 is 0. The van der Waals surface area contributed by atoms with Gasteiger partial charge in [0.1, 0.15) is 0 Å². The van der Waals surface area contributed by atoms with E-state index in [-0.39, 0.29) is 5.54 Å². The van der Waals surface area contributed by atoms with Gasteiger partial charge in [-0.15, -0.1) is 0 Å². The molecule has 2 aliphatic heterocycles. The highest BCUT2D eigenvalue weighted by molar-refractivity contribution is 5.80. The highest BCUT2D eigenvalue weighted by atomic mass is 16.5. The Kier molecular flexibility index (Phi) is 7.92. The summed E-state index contributed by atoms with van der Waals surface area (Å²) in [6, 6.07) is 9.35. The van der Waals surface area contributed by atoms with Crippen LogP contribution in [0.5, 0.6) is 0 Å². The average Bonchev–Trinajstić information content (AvgIpc) is 2.73. The molecule has 29 heavy (non-hydrogen) atoms. The molecule has 0 spiro atoms. The van der Waals surface area contributed by atoms with Crippen LogP contribution in [0.3, 0.4) is 0 Å². The quantitative estimate of drug-likeness (QED) is 0.566. The molecule has 0 radical (unpaired) electrons. The summed E-state index contributed by atoms with van der Waals surface area (Å²) in [4.78, 5) is 9.39. The zero-order valence-corrected chi connectivity index (χ0v) is 18.7. The molecule has 2 saturated heterocycles. The summed E-state index contributed by atoms with van der Waals surface area (Å²) in [6.07, 6.45) is 4.42. The second kappa shape index (κ2) is 10.4. The van der Waals surface area contributed by atoms with E-state index in [9.17, 15) is 0 Å². The number of nitrogens with one attached hydrogen (secondary N) is 2. The molecule has 6 nitrogen and oxygen atoms in total. The SMILES string of the molecule is CN=C(NCC1(N(C)C)CCOCC1)NC1CCN(Cc2cccc(C)c2)CC1. The van der Waals surface area contributed by atoms with E-state index < -0.39 is 0 Å². The number of likely N-dealkylation sites (tertiary alicyclic amines) is 1. The molecule has 2 fully saturated rings. The van der Waals surface area contributed by atoms with Crippen LogP contribution < -0.4 is 10.6 Å². The molecule has 0 bridgehead atoms. The number of ether oxygens (including phenoxy) is 1. The summed E-state index contributed by atoms with van der Waals surface area (Å²) in [5, 5.41) is 7.25. The molecule has 0 saturated carbocycles. The minimum Gasteiger partial charge on any atom is -0.381 e. The molecule has 0 aliphatic carbocycles. The van der Waals surface area contributed by atoms with Gasteiger partial charge < -0.3 is 20.3 Å².